The Balaban J connectivity index is 1.81. The van der Waals surface area contributed by atoms with Crippen molar-refractivity contribution in [2.75, 3.05) is 6.61 Å². The summed E-state index contributed by atoms with van der Waals surface area (Å²) in [6.45, 7) is 5.82. The van der Waals surface area contributed by atoms with Crippen LogP contribution in [-0.2, 0) is 16.0 Å². The summed E-state index contributed by atoms with van der Waals surface area (Å²) in [6, 6.07) is 12.6. The van der Waals surface area contributed by atoms with Gasteiger partial charge in [0, 0.05) is 5.02 Å². The van der Waals surface area contributed by atoms with Crippen LogP contribution < -0.4 is 15.6 Å². The number of hydrogen-bond acceptors (Lipinski definition) is 3. The van der Waals surface area contributed by atoms with Crippen LogP contribution in [0.3, 0.4) is 0 Å². The van der Waals surface area contributed by atoms with Gasteiger partial charge in [-0.2, -0.15) is 0 Å². The fourth-order valence-electron chi connectivity index (χ4n) is 2.58. The van der Waals surface area contributed by atoms with Crippen LogP contribution in [0.4, 0.5) is 0 Å². The zero-order valence-corrected chi connectivity index (χ0v) is 17.6. The minimum absolute atomic E-state index is 0.292. The highest BCUT2D eigenvalue weighted by molar-refractivity contribution is 6.35. The maximum absolute atomic E-state index is 12.3. The van der Waals surface area contributed by atoms with Crippen LogP contribution in [0.25, 0.3) is 0 Å². The Morgan fingerprint density at radius 1 is 1.00 bits per heavy atom. The first-order valence-electron chi connectivity index (χ1n) is 9.01. The fourth-order valence-corrected chi connectivity index (χ4v) is 3.04. The maximum Gasteiger partial charge on any atom is 0.276 e. The van der Waals surface area contributed by atoms with E-state index in [-0.39, 0.29) is 12.5 Å². The average molecular weight is 423 g/mol. The average Bonchev–Trinajstić information content (AvgIpc) is 2.65. The highest BCUT2D eigenvalue weighted by Crippen LogP contribution is 2.27. The van der Waals surface area contributed by atoms with Crippen LogP contribution in [0.15, 0.2) is 42.5 Å². The predicted molar refractivity (Wildman–Crippen MR) is 112 cm³/mol. The van der Waals surface area contributed by atoms with Crippen molar-refractivity contribution in [3.8, 4) is 5.75 Å². The number of carbonyl (C=O) groups is 2. The zero-order valence-electron chi connectivity index (χ0n) is 16.1. The van der Waals surface area contributed by atoms with Crippen molar-refractivity contribution in [3.05, 3.63) is 63.6 Å². The van der Waals surface area contributed by atoms with Crippen LogP contribution in [0.1, 0.15) is 37.8 Å². The van der Waals surface area contributed by atoms with E-state index in [0.29, 0.717) is 21.7 Å². The molecule has 0 fully saturated rings. The number of carbonyl (C=O) groups excluding carboxylic acids is 2. The second kappa shape index (κ2) is 10.3. The maximum atomic E-state index is 12.3. The molecule has 5 nitrogen and oxygen atoms in total. The van der Waals surface area contributed by atoms with Gasteiger partial charge in [-0.05, 0) is 48.6 Å². The third kappa shape index (κ3) is 6.73. The van der Waals surface area contributed by atoms with Gasteiger partial charge >= 0.3 is 0 Å². The summed E-state index contributed by atoms with van der Waals surface area (Å²) in [6.07, 6.45) is 0.995. The molecule has 0 aromatic heterocycles. The van der Waals surface area contributed by atoms with E-state index in [2.05, 4.69) is 24.7 Å². The molecule has 0 radical (unpaired) electrons. The zero-order chi connectivity index (χ0) is 20.7. The van der Waals surface area contributed by atoms with Crippen molar-refractivity contribution in [1.29, 1.82) is 0 Å². The molecule has 2 aromatic rings. The molecular weight excluding hydrogens is 399 g/mol. The van der Waals surface area contributed by atoms with E-state index in [9.17, 15) is 9.59 Å². The Hall–Kier alpha value is -2.24. The number of nitrogens with one attached hydrogen (secondary N) is 2. The Morgan fingerprint density at radius 2 is 1.68 bits per heavy atom. The quantitative estimate of drug-likeness (QED) is 0.644. The molecular formula is C21H24Cl2N2O3. The Labute approximate surface area is 175 Å². The molecule has 28 heavy (non-hydrogen) atoms. The molecule has 2 N–H and O–H groups in total. The first-order chi connectivity index (χ1) is 13.3. The molecule has 2 rings (SSSR count). The van der Waals surface area contributed by atoms with Gasteiger partial charge in [0.1, 0.15) is 5.75 Å². The van der Waals surface area contributed by atoms with Crippen LogP contribution in [0.2, 0.25) is 10.0 Å². The van der Waals surface area contributed by atoms with E-state index in [0.717, 1.165) is 12.0 Å². The van der Waals surface area contributed by atoms with Crippen LogP contribution in [0.5, 0.6) is 5.75 Å². The molecule has 0 saturated carbocycles. The molecule has 2 amide bonds. The van der Waals surface area contributed by atoms with E-state index >= 15 is 0 Å². The summed E-state index contributed by atoms with van der Waals surface area (Å²) in [5.74, 6) is -0.303. The minimum atomic E-state index is -0.501. The number of ether oxygens (including phenoxy) is 1. The molecule has 0 spiro atoms. The fraction of sp³-hybridized carbons (Fsp3) is 0.333. The third-order valence-corrected chi connectivity index (χ3v) is 4.63. The predicted octanol–water partition coefficient (Wildman–Crippen LogP) is 4.52. The van der Waals surface area contributed by atoms with Gasteiger partial charge in [-0.1, -0.05) is 61.3 Å². The molecule has 7 heteroatoms. The first kappa shape index (κ1) is 22.1. The molecule has 0 bridgehead atoms. The second-order valence-electron chi connectivity index (χ2n) is 6.96. The molecule has 150 valence electrons. The summed E-state index contributed by atoms with van der Waals surface area (Å²) < 4.78 is 5.32. The van der Waals surface area contributed by atoms with Gasteiger partial charge in [-0.25, -0.2) is 0 Å². The second-order valence-corrected chi connectivity index (χ2v) is 7.81. The van der Waals surface area contributed by atoms with Crippen LogP contribution in [-0.4, -0.2) is 18.4 Å². The SMILES string of the molecule is CC(C)Cc1ccc(C(C)C(=O)NNC(=O)COc2ccc(Cl)cc2Cl)cc1. The summed E-state index contributed by atoms with van der Waals surface area (Å²) in [4.78, 5) is 24.2. The van der Waals surface area contributed by atoms with Crippen molar-refractivity contribution in [3.63, 3.8) is 0 Å². The number of amides is 2. The minimum Gasteiger partial charge on any atom is -0.482 e. The summed E-state index contributed by atoms with van der Waals surface area (Å²) in [5.41, 5.74) is 6.87. The van der Waals surface area contributed by atoms with Gasteiger partial charge in [0.2, 0.25) is 5.91 Å². The smallest absolute Gasteiger partial charge is 0.276 e. The lowest BCUT2D eigenvalue weighted by Gasteiger charge is -2.14. The van der Waals surface area contributed by atoms with Crippen molar-refractivity contribution < 1.29 is 14.3 Å². The molecule has 2 aromatic carbocycles. The van der Waals surface area contributed by atoms with Crippen LogP contribution in [0, 0.1) is 5.92 Å². The number of halogens is 2. The normalized spacial score (nSPS) is 11.8. The molecule has 0 heterocycles. The highest BCUT2D eigenvalue weighted by Gasteiger charge is 2.16. The lowest BCUT2D eigenvalue weighted by atomic mass is 9.96. The lowest BCUT2D eigenvalue weighted by molar-refractivity contribution is -0.130. The number of hydrogen-bond donors (Lipinski definition) is 2. The van der Waals surface area contributed by atoms with Crippen molar-refractivity contribution in [1.82, 2.24) is 10.9 Å². The van der Waals surface area contributed by atoms with E-state index in [1.165, 1.54) is 11.6 Å². The molecule has 0 aliphatic rings. The largest absolute Gasteiger partial charge is 0.482 e. The molecule has 1 atom stereocenters. The standard InChI is InChI=1S/C21H24Cl2N2O3/c1-13(2)10-15-4-6-16(7-5-15)14(3)21(27)25-24-20(26)12-28-19-9-8-17(22)11-18(19)23/h4-9,11,13-14H,10,12H2,1-3H3,(H,24,26)(H,25,27). The number of hydrazine groups is 1. The number of benzene rings is 2. The summed E-state index contributed by atoms with van der Waals surface area (Å²) in [5, 5.41) is 0.777. The van der Waals surface area contributed by atoms with Crippen LogP contribution >= 0.6 is 23.2 Å². The van der Waals surface area contributed by atoms with Gasteiger partial charge in [0.15, 0.2) is 6.61 Å². The Morgan fingerprint density at radius 3 is 2.29 bits per heavy atom. The van der Waals surface area contributed by atoms with Gasteiger partial charge < -0.3 is 4.74 Å². The molecule has 1 unspecified atom stereocenters. The Bertz CT molecular complexity index is 823. The Kier molecular flexibility index (Phi) is 8.15. The molecule has 0 aliphatic heterocycles. The van der Waals surface area contributed by atoms with Gasteiger partial charge in [-0.3, -0.25) is 20.4 Å². The first-order valence-corrected chi connectivity index (χ1v) is 9.77. The monoisotopic (exact) mass is 422 g/mol. The van der Waals surface area contributed by atoms with E-state index in [1.54, 1.807) is 19.1 Å². The van der Waals surface area contributed by atoms with Gasteiger partial charge in [0.05, 0.1) is 10.9 Å². The van der Waals surface area contributed by atoms with E-state index in [1.807, 2.05) is 24.3 Å². The highest BCUT2D eigenvalue weighted by atomic mass is 35.5. The summed E-state index contributed by atoms with van der Waals surface area (Å²) >= 11 is 11.8. The van der Waals surface area contributed by atoms with Crippen molar-refractivity contribution in [2.45, 2.75) is 33.1 Å². The molecule has 0 aliphatic carbocycles. The summed E-state index contributed by atoms with van der Waals surface area (Å²) in [7, 11) is 0. The van der Waals surface area contributed by atoms with Crippen molar-refractivity contribution >= 4 is 35.0 Å². The van der Waals surface area contributed by atoms with Gasteiger partial charge in [0.25, 0.3) is 5.91 Å². The van der Waals surface area contributed by atoms with Crippen molar-refractivity contribution in [2.24, 2.45) is 5.92 Å². The van der Waals surface area contributed by atoms with E-state index < -0.39 is 11.8 Å². The lowest BCUT2D eigenvalue weighted by Crippen LogP contribution is -2.45. The topological polar surface area (TPSA) is 67.4 Å². The third-order valence-electron chi connectivity index (χ3n) is 4.09. The van der Waals surface area contributed by atoms with E-state index in [4.69, 9.17) is 27.9 Å². The molecule has 0 saturated heterocycles. The van der Waals surface area contributed by atoms with Gasteiger partial charge in [-0.15, -0.1) is 0 Å². The number of rotatable bonds is 7.